The minimum absolute atomic E-state index is 0.191. The third kappa shape index (κ3) is 1.53. The number of hydrogen-bond donors (Lipinski definition) is 0. The monoisotopic (exact) mass is 204 g/mol. The van der Waals surface area contributed by atoms with Gasteiger partial charge in [-0.15, -0.1) is 0 Å². The smallest absolute Gasteiger partial charge is 0.215 e. The van der Waals surface area contributed by atoms with E-state index in [0.29, 0.717) is 6.67 Å². The van der Waals surface area contributed by atoms with E-state index in [-0.39, 0.29) is 5.54 Å². The number of hydroxylamine groups is 1. The second kappa shape index (κ2) is 3.35. The molecule has 3 nitrogen and oxygen atoms in total. The number of likely N-dealkylation sites (N-methyl/N-ethyl adjacent to an activating group) is 1. The molecule has 2 rings (SSSR count). The second-order valence-corrected chi connectivity index (χ2v) is 4.49. The van der Waals surface area contributed by atoms with Crippen molar-refractivity contribution in [3.63, 3.8) is 0 Å². The first-order chi connectivity index (χ1) is 7.03. The van der Waals surface area contributed by atoms with E-state index in [0.717, 1.165) is 16.0 Å². The summed E-state index contributed by atoms with van der Waals surface area (Å²) >= 11 is 0. The van der Waals surface area contributed by atoms with Gasteiger partial charge < -0.3 is 5.21 Å². The highest BCUT2D eigenvalue weighted by atomic mass is 16.5. The minimum atomic E-state index is -0.191. The average molecular weight is 204 g/mol. The molecule has 0 spiro atoms. The molecule has 0 aromatic heterocycles. The lowest BCUT2D eigenvalue weighted by Gasteiger charge is -2.23. The minimum Gasteiger partial charge on any atom is -0.623 e. The Kier molecular flexibility index (Phi) is 2.27. The lowest BCUT2D eigenvalue weighted by atomic mass is 9.92. The third-order valence-electron chi connectivity index (χ3n) is 3.17. The van der Waals surface area contributed by atoms with Crippen LogP contribution in [0, 0.1) is 5.21 Å². The van der Waals surface area contributed by atoms with Crippen molar-refractivity contribution in [3.05, 3.63) is 41.1 Å². The Morgan fingerprint density at radius 2 is 1.87 bits per heavy atom. The summed E-state index contributed by atoms with van der Waals surface area (Å²) in [6.45, 7) is 4.59. The van der Waals surface area contributed by atoms with Gasteiger partial charge in [0.1, 0.15) is 5.54 Å². The molecule has 3 heteroatoms. The Balaban J connectivity index is 2.49. The molecule has 0 amide bonds. The first-order valence-corrected chi connectivity index (χ1v) is 5.12. The van der Waals surface area contributed by atoms with Crippen molar-refractivity contribution in [3.8, 4) is 0 Å². The first-order valence-electron chi connectivity index (χ1n) is 5.12. The number of hydrogen-bond acceptors (Lipinski definition) is 2. The van der Waals surface area contributed by atoms with Crippen LogP contribution in [0.25, 0.3) is 0 Å². The molecule has 0 atom stereocenters. The third-order valence-corrected chi connectivity index (χ3v) is 3.17. The van der Waals surface area contributed by atoms with Crippen molar-refractivity contribution in [2.24, 2.45) is 0 Å². The van der Waals surface area contributed by atoms with Crippen LogP contribution in [0.5, 0.6) is 0 Å². The van der Waals surface area contributed by atoms with Crippen molar-refractivity contribution in [2.45, 2.75) is 19.4 Å². The summed E-state index contributed by atoms with van der Waals surface area (Å²) in [5.41, 5.74) is 1.68. The van der Waals surface area contributed by atoms with Crippen molar-refractivity contribution in [1.82, 2.24) is 4.90 Å². The van der Waals surface area contributed by atoms with Crippen LogP contribution in [0.2, 0.25) is 0 Å². The van der Waals surface area contributed by atoms with Crippen LogP contribution in [-0.2, 0) is 0 Å². The second-order valence-electron chi connectivity index (χ2n) is 4.49. The lowest BCUT2D eigenvalue weighted by molar-refractivity contribution is -0.466. The Bertz CT molecular complexity index is 395. The molecular formula is C12H16N2O. The fourth-order valence-corrected chi connectivity index (χ4v) is 2.02. The fraction of sp³-hybridized carbons (Fsp3) is 0.417. The Morgan fingerprint density at radius 3 is 2.33 bits per heavy atom. The number of benzene rings is 1. The predicted molar refractivity (Wildman–Crippen MR) is 60.9 cm³/mol. The molecule has 1 aliphatic heterocycles. The van der Waals surface area contributed by atoms with E-state index in [2.05, 4.69) is 18.7 Å². The molecule has 1 heterocycles. The molecule has 0 N–H and O–H groups in total. The van der Waals surface area contributed by atoms with Gasteiger partial charge in [-0.2, -0.15) is 4.74 Å². The predicted octanol–water partition coefficient (Wildman–Crippen LogP) is 1.67. The summed E-state index contributed by atoms with van der Waals surface area (Å²) < 4.78 is 1.08. The van der Waals surface area contributed by atoms with E-state index in [1.54, 1.807) is 0 Å². The zero-order valence-electron chi connectivity index (χ0n) is 9.40. The van der Waals surface area contributed by atoms with Crippen LogP contribution in [-0.4, -0.2) is 34.6 Å². The highest BCUT2D eigenvalue weighted by Crippen LogP contribution is 2.24. The number of nitrogens with zero attached hydrogens (tertiary/aromatic N) is 2. The van der Waals surface area contributed by atoms with E-state index in [1.807, 2.05) is 37.4 Å². The van der Waals surface area contributed by atoms with Crippen LogP contribution >= 0.6 is 0 Å². The Hall–Kier alpha value is -1.35. The average Bonchev–Trinajstić information content (AvgIpc) is 2.37. The van der Waals surface area contributed by atoms with E-state index in [9.17, 15) is 5.21 Å². The molecule has 0 aliphatic carbocycles. The maximum Gasteiger partial charge on any atom is 0.215 e. The van der Waals surface area contributed by atoms with Crippen LogP contribution in [0.15, 0.2) is 30.3 Å². The molecule has 0 unspecified atom stereocenters. The maximum absolute atomic E-state index is 11.8. The van der Waals surface area contributed by atoms with Gasteiger partial charge in [-0.05, 0) is 33.0 Å². The molecule has 0 radical (unpaired) electrons. The van der Waals surface area contributed by atoms with Gasteiger partial charge in [0, 0.05) is 5.56 Å². The van der Waals surface area contributed by atoms with Crippen LogP contribution in [0.4, 0.5) is 0 Å². The van der Waals surface area contributed by atoms with E-state index in [1.165, 1.54) is 0 Å². The Morgan fingerprint density at radius 1 is 1.27 bits per heavy atom. The van der Waals surface area contributed by atoms with E-state index < -0.39 is 0 Å². The summed E-state index contributed by atoms with van der Waals surface area (Å²) in [5.74, 6) is 0. The summed E-state index contributed by atoms with van der Waals surface area (Å²) in [7, 11) is 1.97. The van der Waals surface area contributed by atoms with Gasteiger partial charge >= 0.3 is 0 Å². The molecule has 0 saturated carbocycles. The van der Waals surface area contributed by atoms with Gasteiger partial charge in [-0.25, -0.2) is 4.90 Å². The molecule has 1 aromatic rings. The van der Waals surface area contributed by atoms with Crippen molar-refractivity contribution >= 4 is 5.71 Å². The van der Waals surface area contributed by atoms with Crippen LogP contribution in [0.3, 0.4) is 0 Å². The standard InChI is InChI=1S/C12H16N2O/c1-12(2)11(14(15)9-13(12)3)10-7-5-4-6-8-10/h4-8H,9H2,1-3H3. The zero-order chi connectivity index (χ0) is 11.1. The van der Waals surface area contributed by atoms with E-state index in [4.69, 9.17) is 0 Å². The molecule has 0 saturated heterocycles. The molecule has 0 bridgehead atoms. The SMILES string of the molecule is CN1C[N+]([O-])=C(c2ccccc2)C1(C)C. The highest BCUT2D eigenvalue weighted by molar-refractivity contribution is 6.04. The van der Waals surface area contributed by atoms with Crippen LogP contribution < -0.4 is 0 Å². The van der Waals surface area contributed by atoms with Gasteiger partial charge in [0.05, 0.1) is 0 Å². The molecule has 0 fully saturated rings. The topological polar surface area (TPSA) is 29.3 Å². The first kappa shape index (κ1) is 10.2. The summed E-state index contributed by atoms with van der Waals surface area (Å²) in [6.07, 6.45) is 0. The molecule has 15 heavy (non-hydrogen) atoms. The molecule has 80 valence electrons. The quantitative estimate of drug-likeness (QED) is 0.514. The van der Waals surface area contributed by atoms with Crippen molar-refractivity contribution in [1.29, 1.82) is 0 Å². The van der Waals surface area contributed by atoms with Gasteiger partial charge in [-0.1, -0.05) is 18.2 Å². The van der Waals surface area contributed by atoms with Crippen LogP contribution in [0.1, 0.15) is 19.4 Å². The lowest BCUT2D eigenvalue weighted by Crippen LogP contribution is -2.42. The molecular weight excluding hydrogens is 188 g/mol. The van der Waals surface area contributed by atoms with Gasteiger partial charge in [0.2, 0.25) is 12.4 Å². The normalized spacial score (nSPS) is 21.0. The van der Waals surface area contributed by atoms with Crippen molar-refractivity contribution < 1.29 is 4.74 Å². The van der Waals surface area contributed by atoms with Crippen molar-refractivity contribution in [2.75, 3.05) is 13.7 Å². The zero-order valence-corrected chi connectivity index (χ0v) is 9.40. The maximum atomic E-state index is 11.8. The van der Waals surface area contributed by atoms with Gasteiger partial charge in [0.25, 0.3) is 0 Å². The van der Waals surface area contributed by atoms with Gasteiger partial charge in [0.15, 0.2) is 0 Å². The summed E-state index contributed by atoms with van der Waals surface area (Å²) in [6, 6.07) is 9.86. The summed E-state index contributed by atoms with van der Waals surface area (Å²) in [5, 5.41) is 11.8. The Labute approximate surface area is 90.2 Å². The fourth-order valence-electron chi connectivity index (χ4n) is 2.02. The largest absolute Gasteiger partial charge is 0.623 e. The molecule has 1 aliphatic rings. The number of rotatable bonds is 1. The highest BCUT2D eigenvalue weighted by Gasteiger charge is 2.43. The van der Waals surface area contributed by atoms with E-state index >= 15 is 0 Å². The summed E-state index contributed by atoms with van der Waals surface area (Å²) in [4.78, 5) is 2.06. The van der Waals surface area contributed by atoms with Gasteiger partial charge in [-0.3, -0.25) is 0 Å². The molecule has 1 aromatic carbocycles.